The fourth-order valence-corrected chi connectivity index (χ4v) is 4.52. The summed E-state index contributed by atoms with van der Waals surface area (Å²) in [4.78, 5) is 12.1. The number of nitrogens with zero attached hydrogens (tertiary/aromatic N) is 5. The van der Waals surface area contributed by atoms with E-state index in [1.165, 1.54) is 12.8 Å². The monoisotopic (exact) mass is 381 g/mol. The third-order valence-electron chi connectivity index (χ3n) is 3.96. The van der Waals surface area contributed by atoms with Gasteiger partial charge in [0.1, 0.15) is 5.01 Å². The molecule has 0 unspecified atom stereocenters. The Morgan fingerprint density at radius 1 is 1.48 bits per heavy atom. The average Bonchev–Trinajstić information content (AvgIpc) is 3.24. The molecule has 8 nitrogen and oxygen atoms in total. The van der Waals surface area contributed by atoms with E-state index < -0.39 is 0 Å². The van der Waals surface area contributed by atoms with Gasteiger partial charge in [-0.15, -0.1) is 15.3 Å². The van der Waals surface area contributed by atoms with Crippen molar-refractivity contribution < 1.29 is 4.79 Å². The number of piperidine rings is 1. The molecule has 0 radical (unpaired) electrons. The fourth-order valence-electron chi connectivity index (χ4n) is 2.70. The maximum atomic E-state index is 12.1. The number of rotatable bonds is 8. The van der Waals surface area contributed by atoms with Crippen molar-refractivity contribution in [2.24, 2.45) is 5.92 Å². The first-order valence-electron chi connectivity index (χ1n) is 8.52. The molecule has 0 saturated carbocycles. The summed E-state index contributed by atoms with van der Waals surface area (Å²) in [7, 11) is 0. The Bertz CT molecular complexity index is 681. The van der Waals surface area contributed by atoms with Crippen LogP contribution in [0.2, 0.25) is 0 Å². The van der Waals surface area contributed by atoms with Gasteiger partial charge in [-0.3, -0.25) is 9.48 Å². The maximum absolute atomic E-state index is 12.1. The summed E-state index contributed by atoms with van der Waals surface area (Å²) in [6.07, 6.45) is 5.00. The van der Waals surface area contributed by atoms with Crippen LogP contribution in [0.15, 0.2) is 10.5 Å². The van der Waals surface area contributed by atoms with Crippen molar-refractivity contribution in [2.45, 2.75) is 37.1 Å². The van der Waals surface area contributed by atoms with Crippen molar-refractivity contribution in [3.8, 4) is 0 Å². The number of aryl methyl sites for hydroxylation is 1. The standard InChI is InChI=1S/C15H23N7OS2/c1-11-18-20-15(25-11)24-7-3-6-17-14(23)13-10-22(21-19-13)9-12-4-2-5-16-8-12/h10,12,16H,2-9H2,1H3,(H,17,23)/t12-/m0/s1. The second kappa shape index (κ2) is 9.25. The molecule has 1 aliphatic rings. The van der Waals surface area contributed by atoms with Crippen LogP contribution in [0.5, 0.6) is 0 Å². The summed E-state index contributed by atoms with van der Waals surface area (Å²) in [6.45, 7) is 5.47. The lowest BCUT2D eigenvalue weighted by Gasteiger charge is -2.22. The molecule has 25 heavy (non-hydrogen) atoms. The van der Waals surface area contributed by atoms with Crippen LogP contribution in [-0.4, -0.2) is 56.5 Å². The molecular formula is C15H23N7OS2. The van der Waals surface area contributed by atoms with E-state index in [0.717, 1.165) is 41.2 Å². The SMILES string of the molecule is Cc1nnc(SCCCNC(=O)c2cn(C[C@H]3CCCNC3)nn2)s1. The first-order chi connectivity index (χ1) is 12.2. The van der Waals surface area contributed by atoms with Gasteiger partial charge in [-0.05, 0) is 45.2 Å². The van der Waals surface area contributed by atoms with Gasteiger partial charge in [-0.1, -0.05) is 28.3 Å². The highest BCUT2D eigenvalue weighted by molar-refractivity contribution is 8.01. The molecule has 136 valence electrons. The highest BCUT2D eigenvalue weighted by Gasteiger charge is 2.16. The maximum Gasteiger partial charge on any atom is 0.273 e. The predicted octanol–water partition coefficient (Wildman–Crippen LogP) is 1.35. The molecule has 1 saturated heterocycles. The van der Waals surface area contributed by atoms with E-state index in [0.29, 0.717) is 18.2 Å². The van der Waals surface area contributed by atoms with Crippen molar-refractivity contribution >= 4 is 29.0 Å². The van der Waals surface area contributed by atoms with E-state index >= 15 is 0 Å². The Hall–Kier alpha value is -1.52. The summed E-state index contributed by atoms with van der Waals surface area (Å²) in [5.41, 5.74) is 0.385. The fraction of sp³-hybridized carbons (Fsp3) is 0.667. The molecule has 0 bridgehead atoms. The van der Waals surface area contributed by atoms with E-state index in [9.17, 15) is 4.79 Å². The molecule has 1 atom stereocenters. The topological polar surface area (TPSA) is 97.6 Å². The zero-order valence-electron chi connectivity index (χ0n) is 14.3. The van der Waals surface area contributed by atoms with Gasteiger partial charge in [-0.2, -0.15) is 0 Å². The minimum absolute atomic E-state index is 0.162. The molecule has 2 aromatic heterocycles. The number of hydrogen-bond donors (Lipinski definition) is 2. The quantitative estimate of drug-likeness (QED) is 0.526. The smallest absolute Gasteiger partial charge is 0.273 e. The lowest BCUT2D eigenvalue weighted by atomic mass is 10.00. The number of nitrogens with one attached hydrogen (secondary N) is 2. The van der Waals surface area contributed by atoms with Crippen LogP contribution in [0.25, 0.3) is 0 Å². The Morgan fingerprint density at radius 3 is 3.16 bits per heavy atom. The van der Waals surface area contributed by atoms with Crippen molar-refractivity contribution in [3.63, 3.8) is 0 Å². The molecular weight excluding hydrogens is 358 g/mol. The van der Waals surface area contributed by atoms with Gasteiger partial charge in [0.2, 0.25) is 0 Å². The second-order valence-electron chi connectivity index (χ2n) is 6.08. The van der Waals surface area contributed by atoms with Crippen LogP contribution in [0.3, 0.4) is 0 Å². The summed E-state index contributed by atoms with van der Waals surface area (Å²) < 4.78 is 2.75. The van der Waals surface area contributed by atoms with E-state index in [4.69, 9.17) is 0 Å². The van der Waals surface area contributed by atoms with Gasteiger partial charge in [-0.25, -0.2) is 0 Å². The number of aromatic nitrogens is 5. The summed E-state index contributed by atoms with van der Waals surface area (Å²) >= 11 is 3.26. The Kier molecular flexibility index (Phi) is 6.76. The van der Waals surface area contributed by atoms with E-state index in [1.807, 2.05) is 6.92 Å². The van der Waals surface area contributed by atoms with Gasteiger partial charge in [0.15, 0.2) is 10.0 Å². The lowest BCUT2D eigenvalue weighted by Crippen LogP contribution is -2.32. The Labute approximate surface area is 155 Å². The molecule has 0 spiro atoms. The van der Waals surface area contributed by atoms with Crippen molar-refractivity contribution in [2.75, 3.05) is 25.4 Å². The highest BCUT2D eigenvalue weighted by atomic mass is 32.2. The molecule has 0 aromatic carbocycles. The van der Waals surface area contributed by atoms with Gasteiger partial charge in [0.25, 0.3) is 5.91 Å². The number of carbonyl (C=O) groups is 1. The molecule has 2 N–H and O–H groups in total. The van der Waals surface area contributed by atoms with Crippen LogP contribution in [-0.2, 0) is 6.54 Å². The predicted molar refractivity (Wildman–Crippen MR) is 97.9 cm³/mol. The molecule has 2 aromatic rings. The number of hydrogen-bond acceptors (Lipinski definition) is 8. The van der Waals surface area contributed by atoms with E-state index in [1.54, 1.807) is 34.0 Å². The number of thioether (sulfide) groups is 1. The number of carbonyl (C=O) groups excluding carboxylic acids is 1. The normalized spacial score (nSPS) is 17.6. The van der Waals surface area contributed by atoms with Gasteiger partial charge >= 0.3 is 0 Å². The summed E-state index contributed by atoms with van der Waals surface area (Å²) in [6, 6.07) is 0. The van der Waals surface area contributed by atoms with Crippen molar-refractivity contribution in [3.05, 3.63) is 16.9 Å². The average molecular weight is 382 g/mol. The lowest BCUT2D eigenvalue weighted by molar-refractivity contribution is 0.0948. The summed E-state index contributed by atoms with van der Waals surface area (Å²) in [5.74, 6) is 1.30. The van der Waals surface area contributed by atoms with E-state index in [-0.39, 0.29) is 5.91 Å². The molecule has 1 aliphatic heterocycles. The van der Waals surface area contributed by atoms with Crippen LogP contribution in [0.1, 0.15) is 34.8 Å². The molecule has 3 heterocycles. The van der Waals surface area contributed by atoms with Crippen LogP contribution in [0, 0.1) is 12.8 Å². The Morgan fingerprint density at radius 2 is 2.40 bits per heavy atom. The Balaban J connectivity index is 1.35. The molecule has 0 aliphatic carbocycles. The minimum Gasteiger partial charge on any atom is -0.351 e. The van der Waals surface area contributed by atoms with Gasteiger partial charge < -0.3 is 10.6 Å². The highest BCUT2D eigenvalue weighted by Crippen LogP contribution is 2.22. The zero-order chi connectivity index (χ0) is 17.5. The third kappa shape index (κ3) is 5.75. The zero-order valence-corrected chi connectivity index (χ0v) is 15.9. The van der Waals surface area contributed by atoms with Crippen LogP contribution < -0.4 is 10.6 Å². The van der Waals surface area contributed by atoms with Crippen molar-refractivity contribution in [1.82, 2.24) is 35.8 Å². The third-order valence-corrected chi connectivity index (χ3v) is 6.01. The molecule has 1 fully saturated rings. The van der Waals surface area contributed by atoms with Gasteiger partial charge in [0, 0.05) is 18.8 Å². The van der Waals surface area contributed by atoms with E-state index in [2.05, 4.69) is 31.1 Å². The first-order valence-corrected chi connectivity index (χ1v) is 10.3. The van der Waals surface area contributed by atoms with Gasteiger partial charge in [0.05, 0.1) is 6.20 Å². The molecule has 10 heteroatoms. The molecule has 3 rings (SSSR count). The van der Waals surface area contributed by atoms with Crippen molar-refractivity contribution in [1.29, 1.82) is 0 Å². The molecule has 1 amide bonds. The van der Waals surface area contributed by atoms with Crippen LogP contribution in [0.4, 0.5) is 0 Å². The largest absolute Gasteiger partial charge is 0.351 e. The summed E-state index contributed by atoms with van der Waals surface area (Å²) in [5, 5.41) is 23.4. The van der Waals surface area contributed by atoms with Crippen LogP contribution >= 0.6 is 23.1 Å². The number of amides is 1. The first kappa shape index (κ1) is 18.3. The minimum atomic E-state index is -0.162. The second-order valence-corrected chi connectivity index (χ2v) is 8.61.